The zero-order valence-electron chi connectivity index (χ0n) is 14.4. The van der Waals surface area contributed by atoms with Crippen molar-refractivity contribution in [2.75, 3.05) is 7.11 Å². The third kappa shape index (κ3) is 4.86. The van der Waals surface area contributed by atoms with Gasteiger partial charge in [-0.3, -0.25) is 4.79 Å². The molecule has 0 saturated carbocycles. The Hall–Kier alpha value is -1.95. The molecule has 1 heterocycles. The molecule has 0 aliphatic heterocycles. The van der Waals surface area contributed by atoms with Gasteiger partial charge in [0.15, 0.2) is 0 Å². The fourth-order valence-corrected chi connectivity index (χ4v) is 3.47. The molecule has 0 unspecified atom stereocenters. The normalized spacial score (nSPS) is 10.7. The summed E-state index contributed by atoms with van der Waals surface area (Å²) in [5, 5.41) is 1.08. The first-order valence-corrected chi connectivity index (χ1v) is 9.61. The zero-order valence-corrected chi connectivity index (χ0v) is 17.5. The number of ether oxygens (including phenoxy) is 2. The minimum atomic E-state index is -0.183. The van der Waals surface area contributed by atoms with Crippen molar-refractivity contribution >= 4 is 39.1 Å². The predicted molar refractivity (Wildman–Crippen MR) is 111 cm³/mol. The summed E-state index contributed by atoms with van der Waals surface area (Å²) in [4.78, 5) is 12.6. The van der Waals surface area contributed by atoms with Crippen LogP contribution >= 0.6 is 39.1 Å². The molecule has 140 valence electrons. The molecule has 1 aromatic heterocycles. The second-order valence-electron chi connectivity index (χ2n) is 5.80. The third-order valence-electron chi connectivity index (χ3n) is 3.96. The van der Waals surface area contributed by atoms with E-state index in [1.54, 1.807) is 42.1 Å². The van der Waals surface area contributed by atoms with Gasteiger partial charge in [-0.15, -0.1) is 0 Å². The smallest absolute Gasteiger partial charge is 0.268 e. The average Bonchev–Trinajstić information content (AvgIpc) is 2.66. The highest BCUT2D eigenvalue weighted by molar-refractivity contribution is 9.10. The van der Waals surface area contributed by atoms with E-state index in [1.165, 1.54) is 0 Å². The van der Waals surface area contributed by atoms with Gasteiger partial charge in [0, 0.05) is 21.8 Å². The third-order valence-corrected chi connectivity index (χ3v) is 5.27. The van der Waals surface area contributed by atoms with Crippen molar-refractivity contribution < 1.29 is 9.47 Å². The minimum absolute atomic E-state index is 0.183. The highest BCUT2D eigenvalue weighted by Crippen LogP contribution is 2.25. The fourth-order valence-electron chi connectivity index (χ4n) is 2.53. The molecule has 0 atom stereocenters. The standard InChI is InChI=1S/C20H16BrCl2NO3/c1-26-16-4-2-3-13(9-16)11-24-8-7-18(19(21)20(24)25)27-12-14-5-6-15(22)10-17(14)23/h2-10H,11-12H2,1H3. The molecule has 7 heteroatoms. The molecular weight excluding hydrogens is 453 g/mol. The molecule has 0 bridgehead atoms. The summed E-state index contributed by atoms with van der Waals surface area (Å²) in [6, 6.07) is 14.5. The summed E-state index contributed by atoms with van der Waals surface area (Å²) in [7, 11) is 1.61. The number of rotatable bonds is 6. The van der Waals surface area contributed by atoms with Crippen molar-refractivity contribution in [2.45, 2.75) is 13.2 Å². The second kappa shape index (κ2) is 8.83. The van der Waals surface area contributed by atoms with Gasteiger partial charge in [-0.1, -0.05) is 41.4 Å². The maximum atomic E-state index is 12.6. The number of halogens is 3. The van der Waals surface area contributed by atoms with E-state index >= 15 is 0 Å². The highest BCUT2D eigenvalue weighted by Gasteiger charge is 2.11. The van der Waals surface area contributed by atoms with Gasteiger partial charge in [-0.2, -0.15) is 0 Å². The van der Waals surface area contributed by atoms with Crippen LogP contribution in [-0.4, -0.2) is 11.7 Å². The number of hydrogen-bond acceptors (Lipinski definition) is 3. The van der Waals surface area contributed by atoms with Crippen LogP contribution in [0.15, 0.2) is 64.0 Å². The molecule has 3 rings (SSSR count). The Bertz CT molecular complexity index is 1020. The SMILES string of the molecule is COc1cccc(Cn2ccc(OCc3ccc(Cl)cc3Cl)c(Br)c2=O)c1. The van der Waals surface area contributed by atoms with E-state index in [-0.39, 0.29) is 12.2 Å². The van der Waals surface area contributed by atoms with Crippen LogP contribution in [0.25, 0.3) is 0 Å². The first-order valence-electron chi connectivity index (χ1n) is 8.06. The van der Waals surface area contributed by atoms with E-state index in [1.807, 2.05) is 24.3 Å². The van der Waals surface area contributed by atoms with E-state index < -0.39 is 0 Å². The van der Waals surface area contributed by atoms with E-state index in [9.17, 15) is 4.79 Å². The molecule has 4 nitrogen and oxygen atoms in total. The van der Waals surface area contributed by atoms with Crippen molar-refractivity contribution in [3.05, 3.63) is 90.7 Å². The molecule has 27 heavy (non-hydrogen) atoms. The molecule has 3 aromatic rings. The zero-order chi connectivity index (χ0) is 19.4. The predicted octanol–water partition coefficient (Wildman–Crippen LogP) is 5.55. The lowest BCUT2D eigenvalue weighted by Crippen LogP contribution is -2.21. The van der Waals surface area contributed by atoms with Crippen LogP contribution in [0.5, 0.6) is 11.5 Å². The maximum Gasteiger partial charge on any atom is 0.268 e. The summed E-state index contributed by atoms with van der Waals surface area (Å²) in [5.74, 6) is 1.20. The lowest BCUT2D eigenvalue weighted by atomic mass is 10.2. The summed E-state index contributed by atoms with van der Waals surface area (Å²) in [6.45, 7) is 0.659. The Morgan fingerprint density at radius 2 is 1.93 bits per heavy atom. The van der Waals surface area contributed by atoms with E-state index in [4.69, 9.17) is 32.7 Å². The molecule has 0 aliphatic rings. The lowest BCUT2D eigenvalue weighted by Gasteiger charge is -2.12. The Morgan fingerprint density at radius 1 is 1.11 bits per heavy atom. The van der Waals surface area contributed by atoms with Crippen molar-refractivity contribution in [2.24, 2.45) is 0 Å². The van der Waals surface area contributed by atoms with Crippen molar-refractivity contribution in [1.82, 2.24) is 4.57 Å². The number of methoxy groups -OCH3 is 1. The van der Waals surface area contributed by atoms with Crippen LogP contribution in [0.3, 0.4) is 0 Å². The lowest BCUT2D eigenvalue weighted by molar-refractivity contribution is 0.303. The Labute approximate surface area is 175 Å². The summed E-state index contributed by atoms with van der Waals surface area (Å²) in [5.41, 5.74) is 1.57. The van der Waals surface area contributed by atoms with E-state index in [0.717, 1.165) is 16.9 Å². The van der Waals surface area contributed by atoms with E-state index in [2.05, 4.69) is 15.9 Å². The van der Waals surface area contributed by atoms with Crippen LogP contribution in [0.4, 0.5) is 0 Å². The first-order chi connectivity index (χ1) is 13.0. The molecule has 0 fully saturated rings. The van der Waals surface area contributed by atoms with Gasteiger partial charge >= 0.3 is 0 Å². The Kier molecular flexibility index (Phi) is 6.47. The van der Waals surface area contributed by atoms with Crippen molar-refractivity contribution in [3.63, 3.8) is 0 Å². The molecule has 0 spiro atoms. The van der Waals surface area contributed by atoms with Crippen LogP contribution in [0.2, 0.25) is 10.0 Å². The van der Waals surface area contributed by atoms with Gasteiger partial charge in [0.05, 0.1) is 13.7 Å². The molecular formula is C20H16BrCl2NO3. The number of nitrogens with zero attached hydrogens (tertiary/aromatic N) is 1. The average molecular weight is 469 g/mol. The summed E-state index contributed by atoms with van der Waals surface area (Å²) < 4.78 is 12.9. The Morgan fingerprint density at radius 3 is 2.67 bits per heavy atom. The van der Waals surface area contributed by atoms with Crippen molar-refractivity contribution in [1.29, 1.82) is 0 Å². The van der Waals surface area contributed by atoms with Crippen LogP contribution in [-0.2, 0) is 13.2 Å². The highest BCUT2D eigenvalue weighted by atomic mass is 79.9. The largest absolute Gasteiger partial charge is 0.497 e. The quantitative estimate of drug-likeness (QED) is 0.475. The molecule has 0 amide bonds. The van der Waals surface area contributed by atoms with Gasteiger partial charge in [0.1, 0.15) is 22.6 Å². The summed E-state index contributed by atoms with van der Waals surface area (Å²) >= 11 is 15.4. The van der Waals surface area contributed by atoms with Crippen LogP contribution in [0, 0.1) is 0 Å². The summed E-state index contributed by atoms with van der Waals surface area (Å²) in [6.07, 6.45) is 1.70. The first kappa shape index (κ1) is 19.8. The van der Waals surface area contributed by atoms with Crippen LogP contribution < -0.4 is 15.0 Å². The van der Waals surface area contributed by atoms with Gasteiger partial charge in [-0.25, -0.2) is 0 Å². The fraction of sp³-hybridized carbons (Fsp3) is 0.150. The topological polar surface area (TPSA) is 40.5 Å². The number of hydrogen-bond donors (Lipinski definition) is 0. The maximum absolute atomic E-state index is 12.6. The molecule has 0 N–H and O–H groups in total. The number of aromatic nitrogens is 1. The second-order valence-corrected chi connectivity index (χ2v) is 7.44. The van der Waals surface area contributed by atoms with Gasteiger partial charge in [0.25, 0.3) is 5.56 Å². The van der Waals surface area contributed by atoms with Gasteiger partial charge in [0.2, 0.25) is 0 Å². The van der Waals surface area contributed by atoms with Crippen LogP contribution in [0.1, 0.15) is 11.1 Å². The Balaban J connectivity index is 1.77. The van der Waals surface area contributed by atoms with E-state index in [0.29, 0.717) is 26.8 Å². The number of benzene rings is 2. The molecule has 0 saturated heterocycles. The monoisotopic (exact) mass is 467 g/mol. The minimum Gasteiger partial charge on any atom is -0.497 e. The number of pyridine rings is 1. The molecule has 0 radical (unpaired) electrons. The molecule has 0 aliphatic carbocycles. The van der Waals surface area contributed by atoms with Gasteiger partial charge in [-0.05, 0) is 51.8 Å². The molecule has 2 aromatic carbocycles. The van der Waals surface area contributed by atoms with Gasteiger partial charge < -0.3 is 14.0 Å². The van der Waals surface area contributed by atoms with Crippen molar-refractivity contribution in [3.8, 4) is 11.5 Å².